The van der Waals surface area contributed by atoms with Gasteiger partial charge in [0.1, 0.15) is 0 Å². The highest BCUT2D eigenvalue weighted by molar-refractivity contribution is 5.16. The predicted octanol–water partition coefficient (Wildman–Crippen LogP) is 1.27. The summed E-state index contributed by atoms with van der Waals surface area (Å²) in [5.41, 5.74) is 2.46. The van der Waals surface area contributed by atoms with Gasteiger partial charge in [0.25, 0.3) is 0 Å². The number of aryl methyl sites for hydroxylation is 1. The Kier molecular flexibility index (Phi) is 3.11. The van der Waals surface area contributed by atoms with Gasteiger partial charge in [-0.1, -0.05) is 6.07 Å². The average Bonchev–Trinajstić information content (AvgIpc) is 2.67. The summed E-state index contributed by atoms with van der Waals surface area (Å²) < 4.78 is 5.29. The summed E-state index contributed by atoms with van der Waals surface area (Å²) in [6.45, 7) is 4.70. The lowest BCUT2D eigenvalue weighted by Crippen LogP contribution is -2.28. The van der Waals surface area contributed by atoms with Crippen molar-refractivity contribution in [1.29, 1.82) is 0 Å². The number of ether oxygens (including phenoxy) is 1. The first-order chi connectivity index (χ1) is 6.84. The van der Waals surface area contributed by atoms with E-state index in [4.69, 9.17) is 4.74 Å². The molecule has 1 N–H and O–H groups in total. The second-order valence-corrected chi connectivity index (χ2v) is 3.81. The minimum Gasteiger partial charge on any atom is -0.380 e. The molecular weight excluding hydrogens is 176 g/mol. The Morgan fingerprint density at radius 3 is 3.21 bits per heavy atom. The van der Waals surface area contributed by atoms with Crippen LogP contribution >= 0.6 is 0 Å². The normalized spacial score (nSPS) is 21.4. The van der Waals surface area contributed by atoms with E-state index in [9.17, 15) is 0 Å². The molecule has 1 fully saturated rings. The van der Waals surface area contributed by atoms with Crippen LogP contribution in [-0.4, -0.2) is 24.2 Å². The Morgan fingerprint density at radius 1 is 1.57 bits per heavy atom. The number of aromatic nitrogens is 1. The van der Waals surface area contributed by atoms with Crippen molar-refractivity contribution in [1.82, 2.24) is 10.3 Å². The molecular formula is C11H16N2O. The third-order valence-electron chi connectivity index (χ3n) is 2.46. The van der Waals surface area contributed by atoms with E-state index in [1.165, 1.54) is 11.1 Å². The molecule has 2 rings (SSSR count). The fourth-order valence-corrected chi connectivity index (χ4v) is 1.67. The second-order valence-electron chi connectivity index (χ2n) is 3.81. The number of nitrogens with zero attached hydrogens (tertiary/aromatic N) is 1. The Morgan fingerprint density at radius 2 is 2.50 bits per heavy atom. The first-order valence-corrected chi connectivity index (χ1v) is 5.06. The number of hydrogen-bond acceptors (Lipinski definition) is 3. The van der Waals surface area contributed by atoms with Crippen LogP contribution in [0, 0.1) is 6.92 Å². The summed E-state index contributed by atoms with van der Waals surface area (Å²) in [7, 11) is 0. The van der Waals surface area contributed by atoms with Crippen molar-refractivity contribution in [3.63, 3.8) is 0 Å². The molecule has 3 nitrogen and oxygen atoms in total. The fraction of sp³-hybridized carbons (Fsp3) is 0.545. The largest absolute Gasteiger partial charge is 0.380 e. The van der Waals surface area contributed by atoms with Gasteiger partial charge in [-0.25, -0.2) is 0 Å². The molecule has 14 heavy (non-hydrogen) atoms. The molecule has 1 aromatic rings. The molecule has 1 aliphatic heterocycles. The van der Waals surface area contributed by atoms with Crippen LogP contribution in [0.2, 0.25) is 0 Å². The maximum Gasteiger partial charge on any atom is 0.0620 e. The molecule has 0 radical (unpaired) electrons. The van der Waals surface area contributed by atoms with Crippen molar-refractivity contribution in [3.05, 3.63) is 29.6 Å². The van der Waals surface area contributed by atoms with Crippen LogP contribution in [-0.2, 0) is 11.3 Å². The van der Waals surface area contributed by atoms with Crippen molar-refractivity contribution < 1.29 is 4.74 Å². The van der Waals surface area contributed by atoms with Gasteiger partial charge in [0, 0.05) is 31.6 Å². The summed E-state index contributed by atoms with van der Waals surface area (Å²) in [4.78, 5) is 4.16. The van der Waals surface area contributed by atoms with Crippen molar-refractivity contribution in [2.24, 2.45) is 0 Å². The number of rotatable bonds is 3. The summed E-state index contributed by atoms with van der Waals surface area (Å²) in [6, 6.07) is 2.69. The number of pyridine rings is 1. The topological polar surface area (TPSA) is 34.2 Å². The molecule has 0 saturated carbocycles. The Hall–Kier alpha value is -0.930. The van der Waals surface area contributed by atoms with Gasteiger partial charge in [-0.15, -0.1) is 0 Å². The fourth-order valence-electron chi connectivity index (χ4n) is 1.67. The lowest BCUT2D eigenvalue weighted by atomic mass is 10.2. The lowest BCUT2D eigenvalue weighted by molar-refractivity contribution is 0.190. The van der Waals surface area contributed by atoms with Gasteiger partial charge in [0.05, 0.1) is 6.61 Å². The molecule has 1 aliphatic rings. The standard InChI is InChI=1S/C11H16N2O/c1-9-4-10(6-12-5-9)7-13-11-2-3-14-8-11/h4-6,11,13H,2-3,7-8H2,1H3. The van der Waals surface area contributed by atoms with Crippen molar-refractivity contribution >= 4 is 0 Å². The smallest absolute Gasteiger partial charge is 0.0620 e. The summed E-state index contributed by atoms with van der Waals surface area (Å²) in [5, 5.41) is 3.46. The van der Waals surface area contributed by atoms with Gasteiger partial charge < -0.3 is 10.1 Å². The molecule has 76 valence electrons. The summed E-state index contributed by atoms with van der Waals surface area (Å²) in [6.07, 6.45) is 4.91. The lowest BCUT2D eigenvalue weighted by Gasteiger charge is -2.10. The molecule has 0 bridgehead atoms. The minimum absolute atomic E-state index is 0.524. The molecule has 3 heteroatoms. The highest BCUT2D eigenvalue weighted by Crippen LogP contribution is 2.06. The molecule has 0 aromatic carbocycles. The van der Waals surface area contributed by atoms with Crippen LogP contribution in [0.15, 0.2) is 18.5 Å². The highest BCUT2D eigenvalue weighted by atomic mass is 16.5. The predicted molar refractivity (Wildman–Crippen MR) is 55.0 cm³/mol. The van der Waals surface area contributed by atoms with E-state index in [2.05, 4.69) is 23.3 Å². The van der Waals surface area contributed by atoms with Crippen LogP contribution in [0.5, 0.6) is 0 Å². The van der Waals surface area contributed by atoms with E-state index in [1.54, 1.807) is 0 Å². The van der Waals surface area contributed by atoms with Crippen LogP contribution in [0.1, 0.15) is 17.5 Å². The van der Waals surface area contributed by atoms with Crippen molar-refractivity contribution in [2.45, 2.75) is 25.9 Å². The molecule has 0 spiro atoms. The van der Waals surface area contributed by atoms with E-state index < -0.39 is 0 Å². The van der Waals surface area contributed by atoms with Crippen molar-refractivity contribution in [2.75, 3.05) is 13.2 Å². The van der Waals surface area contributed by atoms with Gasteiger partial charge in [0.15, 0.2) is 0 Å². The molecule has 1 saturated heterocycles. The quantitative estimate of drug-likeness (QED) is 0.783. The monoisotopic (exact) mass is 192 g/mol. The Balaban J connectivity index is 1.85. The first kappa shape index (κ1) is 9.62. The minimum atomic E-state index is 0.524. The SMILES string of the molecule is Cc1cncc(CNC2CCOC2)c1. The highest BCUT2D eigenvalue weighted by Gasteiger charge is 2.14. The Bertz CT molecular complexity index is 295. The zero-order chi connectivity index (χ0) is 9.80. The van der Waals surface area contributed by atoms with Gasteiger partial charge in [-0.05, 0) is 24.5 Å². The second kappa shape index (κ2) is 4.53. The van der Waals surface area contributed by atoms with Crippen LogP contribution < -0.4 is 5.32 Å². The number of nitrogens with one attached hydrogen (secondary N) is 1. The molecule has 1 unspecified atom stereocenters. The molecule has 0 amide bonds. The van der Waals surface area contributed by atoms with Crippen LogP contribution in [0.25, 0.3) is 0 Å². The third-order valence-corrected chi connectivity index (χ3v) is 2.46. The third kappa shape index (κ3) is 2.53. The van der Waals surface area contributed by atoms with E-state index in [1.807, 2.05) is 12.4 Å². The van der Waals surface area contributed by atoms with Gasteiger partial charge >= 0.3 is 0 Å². The number of hydrogen-bond donors (Lipinski definition) is 1. The maximum atomic E-state index is 5.29. The zero-order valence-electron chi connectivity index (χ0n) is 8.49. The van der Waals surface area contributed by atoms with Crippen LogP contribution in [0.4, 0.5) is 0 Å². The summed E-state index contributed by atoms with van der Waals surface area (Å²) >= 11 is 0. The molecule has 2 heterocycles. The van der Waals surface area contributed by atoms with E-state index in [0.717, 1.165) is 26.2 Å². The molecule has 1 atom stereocenters. The first-order valence-electron chi connectivity index (χ1n) is 5.06. The van der Waals surface area contributed by atoms with Gasteiger partial charge in [-0.2, -0.15) is 0 Å². The molecule has 0 aliphatic carbocycles. The summed E-state index contributed by atoms with van der Waals surface area (Å²) in [5.74, 6) is 0. The average molecular weight is 192 g/mol. The maximum absolute atomic E-state index is 5.29. The van der Waals surface area contributed by atoms with Gasteiger partial charge in [0.2, 0.25) is 0 Å². The van der Waals surface area contributed by atoms with Crippen molar-refractivity contribution in [3.8, 4) is 0 Å². The van der Waals surface area contributed by atoms with Crippen LogP contribution in [0.3, 0.4) is 0 Å². The molecule has 1 aromatic heterocycles. The van der Waals surface area contributed by atoms with E-state index in [0.29, 0.717) is 6.04 Å². The van der Waals surface area contributed by atoms with E-state index >= 15 is 0 Å². The Labute approximate surface area is 84.5 Å². The zero-order valence-corrected chi connectivity index (χ0v) is 8.49. The van der Waals surface area contributed by atoms with Gasteiger partial charge in [-0.3, -0.25) is 4.98 Å². The van der Waals surface area contributed by atoms with E-state index in [-0.39, 0.29) is 0 Å².